The number of hydrogen-bond donors (Lipinski definition) is 5. The van der Waals surface area contributed by atoms with Crippen molar-refractivity contribution in [3.63, 3.8) is 0 Å². The van der Waals surface area contributed by atoms with Crippen molar-refractivity contribution in [3.8, 4) is 5.75 Å². The van der Waals surface area contributed by atoms with Gasteiger partial charge in [0.25, 0.3) is 0 Å². The Labute approximate surface area is 211 Å². The zero-order chi connectivity index (χ0) is 27.9. The van der Waals surface area contributed by atoms with Gasteiger partial charge in [-0.3, -0.25) is 24.5 Å². The molecule has 0 fully saturated rings. The first kappa shape index (κ1) is 29.5. The summed E-state index contributed by atoms with van der Waals surface area (Å²) < 4.78 is 58.6. The third-order valence-electron chi connectivity index (χ3n) is 4.73. The molecule has 0 aliphatic carbocycles. The number of halogens is 5. The number of nitrogens with one attached hydrogen (secondary N) is 3. The lowest BCUT2D eigenvalue weighted by Gasteiger charge is -2.25. The van der Waals surface area contributed by atoms with E-state index >= 15 is 0 Å². The number of ether oxygens (including phenoxy) is 1. The van der Waals surface area contributed by atoms with Gasteiger partial charge in [0.05, 0.1) is 29.2 Å². The Bertz CT molecular complexity index is 1170. The molecule has 37 heavy (non-hydrogen) atoms. The van der Waals surface area contributed by atoms with Crippen LogP contribution in [0.25, 0.3) is 0 Å². The van der Waals surface area contributed by atoms with Crippen LogP contribution >= 0.6 is 11.6 Å². The zero-order valence-electron chi connectivity index (χ0n) is 18.9. The molecule has 0 heterocycles. The highest BCUT2D eigenvalue weighted by atomic mass is 35.5. The van der Waals surface area contributed by atoms with Crippen LogP contribution in [0.5, 0.6) is 5.75 Å². The molecule has 10 nitrogen and oxygen atoms in total. The second-order valence-electron chi connectivity index (χ2n) is 7.51. The molecule has 200 valence electrons. The fraction of sp³-hybridized carbons (Fsp3) is 0.273. The molecule has 2 amide bonds. The molecule has 0 bridgehead atoms. The summed E-state index contributed by atoms with van der Waals surface area (Å²) in [7, 11) is 0. The van der Waals surface area contributed by atoms with Gasteiger partial charge in [0.15, 0.2) is 23.2 Å². The highest BCUT2D eigenvalue weighted by molar-refractivity contribution is 6.41. The molecule has 0 aliphatic heterocycles. The van der Waals surface area contributed by atoms with Crippen LogP contribution in [0.1, 0.15) is 13.3 Å². The number of Topliss-reactive ketones (excluding diaryl/α,β-unsaturated/α-hetero) is 1. The minimum atomic E-state index is -1.92. The van der Waals surface area contributed by atoms with E-state index in [1.165, 1.54) is 19.1 Å². The van der Waals surface area contributed by atoms with Crippen molar-refractivity contribution < 1.29 is 51.7 Å². The number of aliphatic hydroxyl groups excluding tert-OH is 1. The number of carboxylic acids is 1. The number of hydrogen-bond acceptors (Lipinski definition) is 7. The van der Waals surface area contributed by atoms with E-state index in [4.69, 9.17) is 16.7 Å². The molecule has 0 radical (unpaired) electrons. The van der Waals surface area contributed by atoms with Crippen molar-refractivity contribution in [2.24, 2.45) is 0 Å². The van der Waals surface area contributed by atoms with Gasteiger partial charge in [-0.25, -0.2) is 8.78 Å². The third kappa shape index (κ3) is 8.13. The predicted molar refractivity (Wildman–Crippen MR) is 120 cm³/mol. The number of carbonyl (C=O) groups is 4. The molecule has 1 unspecified atom stereocenters. The number of benzene rings is 2. The first-order valence-corrected chi connectivity index (χ1v) is 10.7. The van der Waals surface area contributed by atoms with Gasteiger partial charge in [0.2, 0.25) is 11.6 Å². The van der Waals surface area contributed by atoms with Crippen molar-refractivity contribution in [2.45, 2.75) is 31.7 Å². The van der Waals surface area contributed by atoms with Gasteiger partial charge < -0.3 is 25.6 Å². The molecule has 0 saturated heterocycles. The van der Waals surface area contributed by atoms with Crippen molar-refractivity contribution in [2.75, 3.05) is 11.9 Å². The van der Waals surface area contributed by atoms with E-state index in [9.17, 15) is 41.8 Å². The summed E-state index contributed by atoms with van der Waals surface area (Å²) in [5, 5.41) is 26.0. The number of rotatable bonds is 11. The van der Waals surface area contributed by atoms with Gasteiger partial charge in [-0.2, -0.15) is 8.78 Å². The van der Waals surface area contributed by atoms with E-state index in [0.717, 1.165) is 0 Å². The van der Waals surface area contributed by atoms with Gasteiger partial charge in [0, 0.05) is 6.07 Å². The molecule has 2 rings (SSSR count). The van der Waals surface area contributed by atoms with E-state index in [0.29, 0.717) is 0 Å². The van der Waals surface area contributed by atoms with Crippen molar-refractivity contribution in [1.82, 2.24) is 10.6 Å². The van der Waals surface area contributed by atoms with Crippen LogP contribution in [0, 0.1) is 23.3 Å². The van der Waals surface area contributed by atoms with Gasteiger partial charge in [0.1, 0.15) is 12.8 Å². The van der Waals surface area contributed by atoms with E-state index < -0.39 is 83.9 Å². The van der Waals surface area contributed by atoms with E-state index in [1.54, 1.807) is 12.1 Å². The minimum absolute atomic E-state index is 0.0745. The van der Waals surface area contributed by atoms with Gasteiger partial charge in [-0.05, 0) is 19.1 Å². The van der Waals surface area contributed by atoms with Crippen molar-refractivity contribution >= 4 is 40.9 Å². The second-order valence-corrected chi connectivity index (χ2v) is 7.92. The van der Waals surface area contributed by atoms with E-state index in [1.807, 2.05) is 0 Å². The summed E-state index contributed by atoms with van der Waals surface area (Å²) in [6.45, 7) is -0.0349. The molecule has 0 saturated carbocycles. The van der Waals surface area contributed by atoms with Crippen LogP contribution in [0.15, 0.2) is 30.3 Å². The largest absolute Gasteiger partial charge is 0.481 e. The van der Waals surface area contributed by atoms with Gasteiger partial charge >= 0.3 is 17.8 Å². The van der Waals surface area contributed by atoms with Crippen molar-refractivity contribution in [1.29, 1.82) is 0 Å². The number of para-hydroxylation sites is 1. The number of aliphatic hydroxyl groups is 1. The Morgan fingerprint density at radius 3 is 2.19 bits per heavy atom. The first-order valence-electron chi connectivity index (χ1n) is 10.3. The summed E-state index contributed by atoms with van der Waals surface area (Å²) in [5.74, 6) is -14.0. The molecule has 0 aliphatic rings. The maximum absolute atomic E-state index is 13.7. The van der Waals surface area contributed by atoms with Crippen LogP contribution in [-0.4, -0.2) is 58.7 Å². The highest BCUT2D eigenvalue weighted by Gasteiger charge is 2.29. The maximum Gasteiger partial charge on any atom is 0.313 e. The highest BCUT2D eigenvalue weighted by Crippen LogP contribution is 2.26. The summed E-state index contributed by atoms with van der Waals surface area (Å²) >= 11 is 5.89. The third-order valence-corrected chi connectivity index (χ3v) is 5.06. The van der Waals surface area contributed by atoms with Crippen LogP contribution in [0.3, 0.4) is 0 Å². The number of aliphatic carboxylic acids is 1. The monoisotopic (exact) mass is 549 g/mol. The minimum Gasteiger partial charge on any atom is -0.481 e. The lowest BCUT2D eigenvalue weighted by atomic mass is 10.1. The summed E-state index contributed by atoms with van der Waals surface area (Å²) in [4.78, 5) is 47.8. The van der Waals surface area contributed by atoms with Crippen LogP contribution in [0.4, 0.5) is 23.2 Å². The SMILES string of the molecule is C[C@H](NC(=O)C(=O)Nc1ccccc1Cl)C(O)N[C@@H](CC(=O)O)C(=O)COc1c(F)c(F)cc(F)c1F. The molecule has 0 aromatic heterocycles. The summed E-state index contributed by atoms with van der Waals surface area (Å²) in [6, 6.07) is 2.93. The van der Waals surface area contributed by atoms with Crippen LogP contribution in [-0.2, 0) is 19.2 Å². The molecule has 15 heteroatoms. The number of carboxylic acid groups (broad SMARTS) is 1. The number of carbonyl (C=O) groups excluding carboxylic acids is 3. The second kappa shape index (κ2) is 13.0. The van der Waals surface area contributed by atoms with Crippen molar-refractivity contribution in [3.05, 3.63) is 58.6 Å². The Balaban J connectivity index is 2.02. The van der Waals surface area contributed by atoms with Crippen LogP contribution in [0.2, 0.25) is 5.02 Å². The zero-order valence-corrected chi connectivity index (χ0v) is 19.6. The molecule has 3 atom stereocenters. The average molecular weight is 550 g/mol. The molecular formula is C22H20ClF4N3O7. The lowest BCUT2D eigenvalue weighted by Crippen LogP contribution is -2.55. The Morgan fingerprint density at radius 2 is 1.62 bits per heavy atom. The predicted octanol–water partition coefficient (Wildman–Crippen LogP) is 1.74. The Hall–Kier alpha value is -3.75. The molecule has 0 spiro atoms. The summed E-state index contributed by atoms with van der Waals surface area (Å²) in [5.41, 5.74) is 0.133. The first-order chi connectivity index (χ1) is 17.3. The normalized spacial score (nSPS) is 13.3. The Morgan fingerprint density at radius 1 is 1.03 bits per heavy atom. The van der Waals surface area contributed by atoms with Crippen LogP contribution < -0.4 is 20.7 Å². The topological polar surface area (TPSA) is 154 Å². The maximum atomic E-state index is 13.7. The summed E-state index contributed by atoms with van der Waals surface area (Å²) in [6.07, 6.45) is -2.78. The number of anilines is 1. The average Bonchev–Trinajstić information content (AvgIpc) is 2.83. The van der Waals surface area contributed by atoms with Gasteiger partial charge in [-0.15, -0.1) is 0 Å². The van der Waals surface area contributed by atoms with E-state index in [2.05, 4.69) is 20.7 Å². The molecular weight excluding hydrogens is 530 g/mol. The lowest BCUT2D eigenvalue weighted by molar-refractivity contribution is -0.140. The Kier molecular flexibility index (Phi) is 10.3. The van der Waals surface area contributed by atoms with Gasteiger partial charge in [-0.1, -0.05) is 23.7 Å². The molecule has 5 N–H and O–H groups in total. The fourth-order valence-electron chi connectivity index (χ4n) is 2.81. The number of amides is 2. The smallest absolute Gasteiger partial charge is 0.313 e. The fourth-order valence-corrected chi connectivity index (χ4v) is 2.99. The standard InChI is InChI=1S/C22H20ClF4N3O7/c1-9(28-21(35)22(36)29-13-5-3-2-4-10(13)23)20(34)30-14(7-16(32)33)15(31)8-37-19-17(26)11(24)6-12(25)18(19)27/h2-6,9,14,20,30,34H,7-8H2,1H3,(H,28,35)(H,29,36)(H,32,33)/t9-,14-,20?/m0/s1. The van der Waals surface area contributed by atoms with E-state index in [-0.39, 0.29) is 16.8 Å². The quantitative estimate of drug-likeness (QED) is 0.123. The molecule has 2 aromatic carbocycles. The number of ketones is 1. The molecule has 2 aromatic rings.